The van der Waals surface area contributed by atoms with E-state index in [1.165, 1.54) is 45.1 Å². The van der Waals surface area contributed by atoms with Gasteiger partial charge >= 0.3 is 0 Å². The first-order valence-electron chi connectivity index (χ1n) is 6.73. The molecule has 2 aliphatic rings. The maximum absolute atomic E-state index is 5.62. The number of ether oxygens (including phenoxy) is 1. The van der Waals surface area contributed by atoms with Crippen LogP contribution in [0.5, 0.6) is 0 Å². The van der Waals surface area contributed by atoms with Crippen LogP contribution in [0.15, 0.2) is 0 Å². The fourth-order valence-corrected chi connectivity index (χ4v) is 3.24. The van der Waals surface area contributed by atoms with Gasteiger partial charge in [-0.3, -0.25) is 0 Å². The molecule has 1 heterocycles. The number of hydrogen-bond donors (Lipinski definition) is 1. The van der Waals surface area contributed by atoms with Gasteiger partial charge < -0.3 is 10.1 Å². The van der Waals surface area contributed by atoms with Gasteiger partial charge in [0.05, 0.1) is 0 Å². The SMILES string of the molecule is CCCNC1CCCC1C1CCCOC1. The standard InChI is InChI=1S/C13H25NO/c1-2-8-14-13-7-3-6-12(13)11-5-4-9-15-10-11/h11-14H,2-10H2,1H3. The van der Waals surface area contributed by atoms with Crippen molar-refractivity contribution in [3.8, 4) is 0 Å². The molecule has 1 saturated carbocycles. The van der Waals surface area contributed by atoms with Crippen molar-refractivity contribution < 1.29 is 4.74 Å². The maximum atomic E-state index is 5.62. The lowest BCUT2D eigenvalue weighted by Crippen LogP contribution is -2.39. The van der Waals surface area contributed by atoms with Gasteiger partial charge in [-0.1, -0.05) is 13.3 Å². The molecule has 0 aromatic carbocycles. The largest absolute Gasteiger partial charge is 0.381 e. The first kappa shape index (κ1) is 11.4. The quantitative estimate of drug-likeness (QED) is 0.771. The Morgan fingerprint density at radius 3 is 2.87 bits per heavy atom. The summed E-state index contributed by atoms with van der Waals surface area (Å²) in [5.41, 5.74) is 0. The molecule has 88 valence electrons. The molecule has 0 aromatic heterocycles. The van der Waals surface area contributed by atoms with E-state index in [4.69, 9.17) is 4.74 Å². The second-order valence-electron chi connectivity index (χ2n) is 5.13. The Bertz CT molecular complexity index is 177. The summed E-state index contributed by atoms with van der Waals surface area (Å²) in [7, 11) is 0. The molecular formula is C13H25NO. The lowest BCUT2D eigenvalue weighted by molar-refractivity contribution is 0.0263. The Labute approximate surface area is 93.8 Å². The van der Waals surface area contributed by atoms with Crippen LogP contribution in [-0.2, 0) is 4.74 Å². The molecule has 1 saturated heterocycles. The molecule has 15 heavy (non-hydrogen) atoms. The second-order valence-corrected chi connectivity index (χ2v) is 5.13. The van der Waals surface area contributed by atoms with Gasteiger partial charge in [0.2, 0.25) is 0 Å². The smallest absolute Gasteiger partial charge is 0.0497 e. The van der Waals surface area contributed by atoms with Crippen LogP contribution in [-0.4, -0.2) is 25.8 Å². The molecule has 0 spiro atoms. The number of nitrogens with one attached hydrogen (secondary N) is 1. The van der Waals surface area contributed by atoms with E-state index in [1.54, 1.807) is 0 Å². The molecule has 2 fully saturated rings. The highest BCUT2D eigenvalue weighted by Gasteiger charge is 2.33. The van der Waals surface area contributed by atoms with Gasteiger partial charge in [0.25, 0.3) is 0 Å². The monoisotopic (exact) mass is 211 g/mol. The maximum Gasteiger partial charge on any atom is 0.0497 e. The Morgan fingerprint density at radius 1 is 1.20 bits per heavy atom. The van der Waals surface area contributed by atoms with Crippen LogP contribution < -0.4 is 5.32 Å². The predicted molar refractivity (Wildman–Crippen MR) is 63.0 cm³/mol. The summed E-state index contributed by atoms with van der Waals surface area (Å²) < 4.78 is 5.62. The van der Waals surface area contributed by atoms with Gasteiger partial charge in [-0.15, -0.1) is 0 Å². The molecule has 0 bridgehead atoms. The minimum Gasteiger partial charge on any atom is -0.381 e. The first-order valence-corrected chi connectivity index (χ1v) is 6.73. The van der Waals surface area contributed by atoms with Crippen LogP contribution >= 0.6 is 0 Å². The normalized spacial score (nSPS) is 37.0. The minimum atomic E-state index is 0.789. The predicted octanol–water partition coefficient (Wildman–Crippen LogP) is 2.58. The molecule has 0 amide bonds. The van der Waals surface area contributed by atoms with E-state index in [-0.39, 0.29) is 0 Å². The molecule has 3 atom stereocenters. The lowest BCUT2D eigenvalue weighted by atomic mass is 9.84. The summed E-state index contributed by atoms with van der Waals surface area (Å²) in [6.45, 7) is 5.46. The number of hydrogen-bond acceptors (Lipinski definition) is 2. The van der Waals surface area contributed by atoms with Crippen LogP contribution in [0.25, 0.3) is 0 Å². The fourth-order valence-electron chi connectivity index (χ4n) is 3.24. The van der Waals surface area contributed by atoms with Gasteiger partial charge in [-0.05, 0) is 50.5 Å². The van der Waals surface area contributed by atoms with Crippen molar-refractivity contribution in [3.63, 3.8) is 0 Å². The second kappa shape index (κ2) is 5.86. The Balaban J connectivity index is 1.82. The fraction of sp³-hybridized carbons (Fsp3) is 1.00. The summed E-state index contributed by atoms with van der Waals surface area (Å²) in [5, 5.41) is 3.72. The van der Waals surface area contributed by atoms with Crippen molar-refractivity contribution in [1.82, 2.24) is 5.32 Å². The van der Waals surface area contributed by atoms with Crippen molar-refractivity contribution in [1.29, 1.82) is 0 Å². The van der Waals surface area contributed by atoms with Crippen LogP contribution in [0.3, 0.4) is 0 Å². The van der Waals surface area contributed by atoms with Gasteiger partial charge in [0.15, 0.2) is 0 Å². The average molecular weight is 211 g/mol. The summed E-state index contributed by atoms with van der Waals surface area (Å²) >= 11 is 0. The molecule has 1 aliphatic heterocycles. The lowest BCUT2D eigenvalue weighted by Gasteiger charge is -2.32. The summed E-state index contributed by atoms with van der Waals surface area (Å²) in [6.07, 6.45) is 8.17. The zero-order chi connectivity index (χ0) is 10.5. The van der Waals surface area contributed by atoms with Gasteiger partial charge in [-0.25, -0.2) is 0 Å². The van der Waals surface area contributed by atoms with Crippen LogP contribution in [0, 0.1) is 11.8 Å². The van der Waals surface area contributed by atoms with E-state index in [0.717, 1.165) is 31.1 Å². The van der Waals surface area contributed by atoms with Crippen LogP contribution in [0.4, 0.5) is 0 Å². The molecule has 0 radical (unpaired) electrons. The van der Waals surface area contributed by atoms with Crippen molar-refractivity contribution >= 4 is 0 Å². The van der Waals surface area contributed by atoms with Crippen molar-refractivity contribution in [2.45, 2.75) is 51.5 Å². The molecular weight excluding hydrogens is 186 g/mol. The van der Waals surface area contributed by atoms with Crippen molar-refractivity contribution in [2.75, 3.05) is 19.8 Å². The third-order valence-corrected chi connectivity index (χ3v) is 4.03. The molecule has 1 aliphatic carbocycles. The topological polar surface area (TPSA) is 21.3 Å². The number of rotatable bonds is 4. The molecule has 2 nitrogen and oxygen atoms in total. The zero-order valence-electron chi connectivity index (χ0n) is 10.0. The molecule has 2 rings (SSSR count). The van der Waals surface area contributed by atoms with Crippen molar-refractivity contribution in [3.05, 3.63) is 0 Å². The zero-order valence-corrected chi connectivity index (χ0v) is 10.0. The third kappa shape index (κ3) is 2.94. The van der Waals surface area contributed by atoms with E-state index >= 15 is 0 Å². The van der Waals surface area contributed by atoms with Gasteiger partial charge in [0.1, 0.15) is 0 Å². The molecule has 1 N–H and O–H groups in total. The highest BCUT2D eigenvalue weighted by atomic mass is 16.5. The van der Waals surface area contributed by atoms with Gasteiger partial charge in [-0.2, -0.15) is 0 Å². The van der Waals surface area contributed by atoms with Crippen LogP contribution in [0.2, 0.25) is 0 Å². The van der Waals surface area contributed by atoms with E-state index < -0.39 is 0 Å². The van der Waals surface area contributed by atoms with E-state index in [2.05, 4.69) is 12.2 Å². The Hall–Kier alpha value is -0.0800. The third-order valence-electron chi connectivity index (χ3n) is 4.03. The summed E-state index contributed by atoms with van der Waals surface area (Å²) in [4.78, 5) is 0. The molecule has 0 aromatic rings. The highest BCUT2D eigenvalue weighted by molar-refractivity contribution is 4.88. The Morgan fingerprint density at radius 2 is 2.13 bits per heavy atom. The van der Waals surface area contributed by atoms with Crippen LogP contribution in [0.1, 0.15) is 45.4 Å². The van der Waals surface area contributed by atoms with E-state index in [0.29, 0.717) is 0 Å². The molecule has 2 heteroatoms. The summed E-state index contributed by atoms with van der Waals surface area (Å²) in [6, 6.07) is 0.789. The summed E-state index contributed by atoms with van der Waals surface area (Å²) in [5.74, 6) is 1.74. The average Bonchev–Trinajstić information content (AvgIpc) is 2.75. The molecule has 3 unspecified atom stereocenters. The Kier molecular flexibility index (Phi) is 4.45. The van der Waals surface area contributed by atoms with E-state index in [1.807, 2.05) is 0 Å². The highest BCUT2D eigenvalue weighted by Crippen LogP contribution is 2.35. The van der Waals surface area contributed by atoms with Gasteiger partial charge in [0, 0.05) is 19.3 Å². The van der Waals surface area contributed by atoms with E-state index in [9.17, 15) is 0 Å². The minimum absolute atomic E-state index is 0.789. The first-order chi connectivity index (χ1) is 7.42. The van der Waals surface area contributed by atoms with Crippen molar-refractivity contribution in [2.24, 2.45) is 11.8 Å².